The van der Waals surface area contributed by atoms with Crippen LogP contribution < -0.4 is 5.73 Å². The highest BCUT2D eigenvalue weighted by molar-refractivity contribution is 5.81. The Bertz CT molecular complexity index is 483. The largest absolute Gasteiger partial charge is 0.477 e. The molecule has 5 heteroatoms. The lowest BCUT2D eigenvalue weighted by Crippen LogP contribution is -2.59. The molecule has 0 fully saturated rings. The third-order valence-electron chi connectivity index (χ3n) is 4.83. The van der Waals surface area contributed by atoms with Crippen molar-refractivity contribution in [2.45, 2.75) is 84.2 Å². The van der Waals surface area contributed by atoms with Gasteiger partial charge in [0.1, 0.15) is 12.4 Å². The standard InChI is InChI=1S/C20H35N3O2/c1-3-4-5-6-7-8-9-10-11-12-13-14-19-22-15-16-23(19,18(2)21)17-20(24)25/h4-5,15-16,18H,3,6-14,17,21H2,1-2H3/p+1/b5-4+. The minimum atomic E-state index is -0.842. The van der Waals surface area contributed by atoms with Gasteiger partial charge in [0.15, 0.2) is 6.54 Å². The van der Waals surface area contributed by atoms with Crippen LogP contribution in [0.3, 0.4) is 0 Å². The van der Waals surface area contributed by atoms with Crippen molar-refractivity contribution >= 4 is 11.8 Å². The number of nitrogens with two attached hydrogens (primary N) is 1. The Morgan fingerprint density at radius 2 is 1.84 bits per heavy atom. The van der Waals surface area contributed by atoms with Crippen LogP contribution in [0.15, 0.2) is 29.5 Å². The second-order valence-electron chi connectivity index (χ2n) is 6.96. The average Bonchev–Trinajstić information content (AvgIpc) is 2.96. The number of carbonyl (C=O) groups is 1. The number of hydrogen-bond acceptors (Lipinski definition) is 3. The molecule has 0 aliphatic carbocycles. The van der Waals surface area contributed by atoms with Crippen LogP contribution in [0.4, 0.5) is 0 Å². The number of carboxylic acids is 1. The van der Waals surface area contributed by atoms with Gasteiger partial charge in [-0.15, -0.1) is 0 Å². The van der Waals surface area contributed by atoms with Gasteiger partial charge in [-0.1, -0.05) is 51.2 Å². The van der Waals surface area contributed by atoms with E-state index < -0.39 is 5.97 Å². The summed E-state index contributed by atoms with van der Waals surface area (Å²) in [5.74, 6) is 0.0467. The monoisotopic (exact) mass is 350 g/mol. The van der Waals surface area contributed by atoms with Gasteiger partial charge in [0.2, 0.25) is 5.84 Å². The predicted octanol–water partition coefficient (Wildman–Crippen LogP) is 4.55. The molecule has 1 heterocycles. The van der Waals surface area contributed by atoms with Gasteiger partial charge in [-0.3, -0.25) is 5.73 Å². The Kier molecular flexibility index (Phi) is 10.3. The van der Waals surface area contributed by atoms with E-state index in [1.165, 1.54) is 44.9 Å². The first-order chi connectivity index (χ1) is 12.0. The molecule has 142 valence electrons. The van der Waals surface area contributed by atoms with Crippen LogP contribution in [-0.4, -0.2) is 34.1 Å². The maximum absolute atomic E-state index is 11.2. The topological polar surface area (TPSA) is 75.7 Å². The predicted molar refractivity (Wildman–Crippen MR) is 104 cm³/mol. The van der Waals surface area contributed by atoms with Gasteiger partial charge in [-0.25, -0.2) is 14.3 Å². The molecule has 2 unspecified atom stereocenters. The minimum Gasteiger partial charge on any atom is -0.477 e. The third kappa shape index (κ3) is 7.53. The van der Waals surface area contributed by atoms with Crippen LogP contribution in [0.1, 0.15) is 78.1 Å². The number of amidine groups is 1. The molecular weight excluding hydrogens is 314 g/mol. The highest BCUT2D eigenvalue weighted by Gasteiger charge is 2.40. The molecule has 0 amide bonds. The quantitative estimate of drug-likeness (QED) is 0.274. The van der Waals surface area contributed by atoms with E-state index in [2.05, 4.69) is 24.1 Å². The van der Waals surface area contributed by atoms with Crippen LogP contribution in [-0.2, 0) is 4.79 Å². The van der Waals surface area contributed by atoms with Gasteiger partial charge in [0.05, 0.1) is 6.20 Å². The van der Waals surface area contributed by atoms with Gasteiger partial charge < -0.3 is 5.11 Å². The van der Waals surface area contributed by atoms with Crippen LogP contribution in [0, 0.1) is 0 Å². The van der Waals surface area contributed by atoms with Crippen molar-refractivity contribution in [2.24, 2.45) is 10.7 Å². The molecule has 0 aromatic rings. The molecule has 25 heavy (non-hydrogen) atoms. The summed E-state index contributed by atoms with van der Waals surface area (Å²) in [7, 11) is 0. The molecule has 0 aromatic heterocycles. The van der Waals surface area contributed by atoms with Gasteiger partial charge >= 0.3 is 5.97 Å². The summed E-state index contributed by atoms with van der Waals surface area (Å²) in [4.78, 5) is 15.6. The molecule has 0 aromatic carbocycles. The Balaban J connectivity index is 2.19. The molecule has 3 N–H and O–H groups in total. The number of allylic oxidation sites excluding steroid dienone is 2. The van der Waals surface area contributed by atoms with E-state index in [4.69, 9.17) is 5.73 Å². The first kappa shape index (κ1) is 21.6. The highest BCUT2D eigenvalue weighted by atomic mass is 16.4. The minimum absolute atomic E-state index is 0.0283. The fraction of sp³-hybridized carbons (Fsp3) is 0.700. The Labute approximate surface area is 152 Å². The molecule has 0 radical (unpaired) electrons. The summed E-state index contributed by atoms with van der Waals surface area (Å²) in [5.41, 5.74) is 6.07. The fourth-order valence-corrected chi connectivity index (χ4v) is 3.30. The molecular formula is C20H36N3O2+. The SMILES string of the molecule is CC/C=C/CCCCCCCCCC1=NC=C[N+]1(CC(=O)O)C(C)N. The number of unbranched alkanes of at least 4 members (excludes halogenated alkanes) is 7. The number of aliphatic carboxylic acids is 1. The van der Waals surface area contributed by atoms with E-state index >= 15 is 0 Å². The van der Waals surface area contributed by atoms with Gasteiger partial charge in [-0.2, -0.15) is 0 Å². The molecule has 5 nitrogen and oxygen atoms in total. The van der Waals surface area contributed by atoms with Crippen molar-refractivity contribution in [3.63, 3.8) is 0 Å². The van der Waals surface area contributed by atoms with Gasteiger partial charge in [0.25, 0.3) is 0 Å². The smallest absolute Gasteiger partial charge is 0.360 e. The lowest BCUT2D eigenvalue weighted by Gasteiger charge is -2.34. The van der Waals surface area contributed by atoms with Crippen molar-refractivity contribution in [2.75, 3.05) is 6.54 Å². The maximum Gasteiger partial charge on any atom is 0.360 e. The summed E-state index contributed by atoms with van der Waals surface area (Å²) < 4.78 is 0.167. The zero-order valence-corrected chi connectivity index (χ0v) is 16.0. The van der Waals surface area contributed by atoms with Crippen molar-refractivity contribution in [1.29, 1.82) is 0 Å². The fourth-order valence-electron chi connectivity index (χ4n) is 3.30. The van der Waals surface area contributed by atoms with Crippen molar-refractivity contribution in [3.8, 4) is 0 Å². The third-order valence-corrected chi connectivity index (χ3v) is 4.83. The molecule has 1 rings (SSSR count). The van der Waals surface area contributed by atoms with Gasteiger partial charge in [-0.05, 0) is 25.7 Å². The second-order valence-corrected chi connectivity index (χ2v) is 6.96. The lowest BCUT2D eigenvalue weighted by atomic mass is 10.1. The summed E-state index contributed by atoms with van der Waals surface area (Å²) >= 11 is 0. The summed E-state index contributed by atoms with van der Waals surface area (Å²) in [6, 6.07) is 0. The zero-order valence-electron chi connectivity index (χ0n) is 16.0. The van der Waals surface area contributed by atoms with E-state index in [0.717, 1.165) is 25.1 Å². The van der Waals surface area contributed by atoms with Crippen molar-refractivity contribution < 1.29 is 14.4 Å². The van der Waals surface area contributed by atoms with Crippen molar-refractivity contribution in [1.82, 2.24) is 0 Å². The number of quaternary nitrogens is 1. The van der Waals surface area contributed by atoms with E-state index in [-0.39, 0.29) is 17.2 Å². The average molecular weight is 351 g/mol. The zero-order chi connectivity index (χ0) is 18.5. The molecule has 1 aliphatic heterocycles. The molecule has 0 spiro atoms. The number of rotatable bonds is 14. The second kappa shape index (κ2) is 12.0. The number of nitrogens with zero attached hydrogens (tertiary/aromatic N) is 2. The van der Waals surface area contributed by atoms with E-state index in [1.807, 2.05) is 13.1 Å². The molecule has 2 atom stereocenters. The van der Waals surface area contributed by atoms with Crippen LogP contribution >= 0.6 is 0 Å². The number of aliphatic imine (C=N–C) groups is 1. The van der Waals surface area contributed by atoms with Crippen LogP contribution in [0.5, 0.6) is 0 Å². The summed E-state index contributed by atoms with van der Waals surface area (Å²) in [6.07, 6.45) is 19.6. The normalized spacial score (nSPS) is 21.0. The summed E-state index contributed by atoms with van der Waals surface area (Å²) in [5, 5.41) is 9.20. The van der Waals surface area contributed by atoms with E-state index in [9.17, 15) is 9.90 Å². The van der Waals surface area contributed by atoms with Gasteiger partial charge in [0, 0.05) is 13.3 Å². The first-order valence-corrected chi connectivity index (χ1v) is 9.77. The maximum atomic E-state index is 11.2. The number of hydrogen-bond donors (Lipinski definition) is 2. The highest BCUT2D eigenvalue weighted by Crippen LogP contribution is 2.23. The van der Waals surface area contributed by atoms with E-state index in [0.29, 0.717) is 0 Å². The summed E-state index contributed by atoms with van der Waals surface area (Å²) in [6.45, 7) is 3.99. The first-order valence-electron chi connectivity index (χ1n) is 9.77. The molecule has 0 saturated heterocycles. The molecule has 1 aliphatic rings. The van der Waals surface area contributed by atoms with Crippen molar-refractivity contribution in [3.05, 3.63) is 24.6 Å². The molecule has 0 bridgehead atoms. The molecule has 0 saturated carbocycles. The lowest BCUT2D eigenvalue weighted by molar-refractivity contribution is -0.805. The Hall–Kier alpha value is -1.46. The van der Waals surface area contributed by atoms with Crippen LogP contribution in [0.25, 0.3) is 0 Å². The van der Waals surface area contributed by atoms with E-state index in [1.54, 1.807) is 6.20 Å². The number of carboxylic acid groups (broad SMARTS) is 1. The Morgan fingerprint density at radius 1 is 1.20 bits per heavy atom. The van der Waals surface area contributed by atoms with Crippen LogP contribution in [0.2, 0.25) is 0 Å². The Morgan fingerprint density at radius 3 is 2.44 bits per heavy atom.